The van der Waals surface area contributed by atoms with E-state index >= 15 is 0 Å². The van der Waals surface area contributed by atoms with Crippen LogP contribution < -0.4 is 9.21 Å². The van der Waals surface area contributed by atoms with Crippen molar-refractivity contribution in [2.24, 2.45) is 0 Å². The van der Waals surface area contributed by atoms with E-state index in [-0.39, 0.29) is 17.1 Å². The summed E-state index contributed by atoms with van der Waals surface area (Å²) in [6.07, 6.45) is 3.19. The second-order valence-corrected chi connectivity index (χ2v) is 9.91. The summed E-state index contributed by atoms with van der Waals surface area (Å²) in [6, 6.07) is 13.5. The maximum absolute atomic E-state index is 13.3. The van der Waals surface area contributed by atoms with E-state index in [1.54, 1.807) is 37.3 Å². The molecule has 166 valence electrons. The fourth-order valence-electron chi connectivity index (χ4n) is 4.72. The second kappa shape index (κ2) is 8.84. The zero-order chi connectivity index (χ0) is 22.0. The normalized spacial score (nSPS) is 19.6. The lowest BCUT2D eigenvalue weighted by molar-refractivity contribution is -0.384. The molecular weight excluding hydrogens is 416 g/mol. The third-order valence-electron chi connectivity index (χ3n) is 6.21. The highest BCUT2D eigenvalue weighted by molar-refractivity contribution is 7.92. The zero-order valence-corrected chi connectivity index (χ0v) is 18.5. The third-order valence-corrected chi connectivity index (χ3v) is 8.11. The molecule has 9 heteroatoms. The average Bonchev–Trinajstić information content (AvgIpc) is 3.11. The van der Waals surface area contributed by atoms with Crippen LogP contribution in [0.15, 0.2) is 53.4 Å². The fourth-order valence-corrected chi connectivity index (χ4v) is 6.21. The van der Waals surface area contributed by atoms with Gasteiger partial charge in [-0.3, -0.25) is 19.3 Å². The van der Waals surface area contributed by atoms with Gasteiger partial charge in [0.15, 0.2) is 0 Å². The number of benzene rings is 2. The molecule has 2 aliphatic rings. The van der Waals surface area contributed by atoms with E-state index in [4.69, 9.17) is 0 Å². The molecular formula is C22H28N4O4S. The molecule has 2 heterocycles. The van der Waals surface area contributed by atoms with Gasteiger partial charge in [0.25, 0.3) is 15.7 Å². The van der Waals surface area contributed by atoms with E-state index in [2.05, 4.69) is 9.80 Å². The fraction of sp³-hybridized carbons (Fsp3) is 0.455. The Hall–Kier alpha value is -2.65. The number of fused-ring (bicyclic) bond motifs is 1. The third kappa shape index (κ3) is 4.24. The molecule has 0 amide bonds. The van der Waals surface area contributed by atoms with Crippen LogP contribution >= 0.6 is 0 Å². The van der Waals surface area contributed by atoms with E-state index in [0.717, 1.165) is 45.4 Å². The summed E-state index contributed by atoms with van der Waals surface area (Å²) in [5.41, 5.74) is 0.877. The Morgan fingerprint density at radius 1 is 1.10 bits per heavy atom. The van der Waals surface area contributed by atoms with Gasteiger partial charge in [-0.2, -0.15) is 0 Å². The smallest absolute Gasteiger partial charge is 0.293 e. The van der Waals surface area contributed by atoms with Crippen molar-refractivity contribution in [3.05, 3.63) is 58.6 Å². The maximum Gasteiger partial charge on any atom is 0.293 e. The maximum atomic E-state index is 13.3. The molecule has 0 radical (unpaired) electrons. The van der Waals surface area contributed by atoms with Crippen LogP contribution in [0.3, 0.4) is 0 Å². The molecule has 2 aliphatic heterocycles. The number of hydrogen-bond donors (Lipinski definition) is 0. The van der Waals surface area contributed by atoms with Crippen molar-refractivity contribution in [3.8, 4) is 0 Å². The highest BCUT2D eigenvalue weighted by Gasteiger charge is 2.33. The van der Waals surface area contributed by atoms with Crippen molar-refractivity contribution in [2.45, 2.75) is 37.1 Å². The molecule has 0 N–H and O–H groups in total. The van der Waals surface area contributed by atoms with Crippen molar-refractivity contribution in [1.29, 1.82) is 0 Å². The van der Waals surface area contributed by atoms with Crippen LogP contribution in [-0.4, -0.2) is 57.0 Å². The number of hydrogen-bond acceptors (Lipinski definition) is 6. The average molecular weight is 445 g/mol. The first-order valence-electron chi connectivity index (χ1n) is 10.8. The summed E-state index contributed by atoms with van der Waals surface area (Å²) in [5, 5.41) is 11.9. The highest BCUT2D eigenvalue weighted by atomic mass is 32.2. The summed E-state index contributed by atoms with van der Waals surface area (Å²) >= 11 is 0. The van der Waals surface area contributed by atoms with Crippen LogP contribution in [0.4, 0.5) is 17.1 Å². The second-order valence-electron chi connectivity index (χ2n) is 8.04. The summed E-state index contributed by atoms with van der Waals surface area (Å²) in [4.78, 5) is 15.9. The van der Waals surface area contributed by atoms with E-state index in [1.165, 1.54) is 16.4 Å². The van der Waals surface area contributed by atoms with E-state index in [1.807, 2.05) is 6.07 Å². The van der Waals surface area contributed by atoms with Crippen molar-refractivity contribution in [1.82, 2.24) is 4.90 Å². The molecule has 2 saturated heterocycles. The van der Waals surface area contributed by atoms with Gasteiger partial charge >= 0.3 is 0 Å². The van der Waals surface area contributed by atoms with E-state index < -0.39 is 14.9 Å². The first-order valence-corrected chi connectivity index (χ1v) is 12.2. The van der Waals surface area contributed by atoms with Crippen molar-refractivity contribution >= 4 is 27.1 Å². The molecule has 31 heavy (non-hydrogen) atoms. The van der Waals surface area contributed by atoms with Gasteiger partial charge < -0.3 is 4.90 Å². The van der Waals surface area contributed by atoms with E-state index in [9.17, 15) is 18.5 Å². The topological polar surface area (TPSA) is 87.0 Å². The van der Waals surface area contributed by atoms with Gasteiger partial charge in [0.1, 0.15) is 5.69 Å². The summed E-state index contributed by atoms with van der Waals surface area (Å²) in [7, 11) is -3.93. The monoisotopic (exact) mass is 444 g/mol. The molecule has 0 aliphatic carbocycles. The number of nitrogens with zero attached hydrogens (tertiary/aromatic N) is 4. The van der Waals surface area contributed by atoms with Gasteiger partial charge in [-0.1, -0.05) is 18.2 Å². The summed E-state index contributed by atoms with van der Waals surface area (Å²) in [6.45, 7) is 5.53. The van der Waals surface area contributed by atoms with Crippen LogP contribution in [0, 0.1) is 10.1 Å². The Labute approximate surface area is 183 Å². The van der Waals surface area contributed by atoms with Crippen LogP contribution in [0.25, 0.3) is 0 Å². The first kappa shape index (κ1) is 21.6. The number of para-hydroxylation sites is 1. The summed E-state index contributed by atoms with van der Waals surface area (Å²) < 4.78 is 27.9. The van der Waals surface area contributed by atoms with Crippen molar-refractivity contribution < 1.29 is 13.3 Å². The molecule has 0 spiro atoms. The minimum Gasteiger partial charge on any atom is -0.364 e. The Balaban J connectivity index is 1.69. The Morgan fingerprint density at radius 2 is 1.84 bits per heavy atom. The van der Waals surface area contributed by atoms with Crippen LogP contribution in [0.5, 0.6) is 0 Å². The lowest BCUT2D eigenvalue weighted by atomic mass is 10.2. The predicted molar refractivity (Wildman–Crippen MR) is 121 cm³/mol. The molecule has 1 unspecified atom stereocenters. The van der Waals surface area contributed by atoms with Crippen molar-refractivity contribution in [3.63, 3.8) is 0 Å². The summed E-state index contributed by atoms with van der Waals surface area (Å²) in [5.74, 6) is 0. The minimum absolute atomic E-state index is 0.0639. The van der Waals surface area contributed by atoms with Crippen LogP contribution in [0.2, 0.25) is 0 Å². The van der Waals surface area contributed by atoms with Crippen molar-refractivity contribution in [2.75, 3.05) is 41.9 Å². The molecule has 2 fully saturated rings. The Kier molecular flexibility index (Phi) is 6.15. The Morgan fingerprint density at radius 3 is 2.55 bits per heavy atom. The number of anilines is 2. The standard InChI is InChI=1S/C22H28N4O4S/c1-2-25(18-8-4-3-5-9-18)31(29,30)20-11-12-21(22(16-20)26(27)28)24-15-7-14-23-13-6-10-19(23)17-24/h3-5,8-9,11-12,16,19H,2,6-7,10,13-15,17H2,1H3. The van der Waals surface area contributed by atoms with Gasteiger partial charge in [-0.15, -0.1) is 0 Å². The molecule has 2 aromatic carbocycles. The molecule has 8 nitrogen and oxygen atoms in total. The molecule has 1 atom stereocenters. The molecule has 0 saturated carbocycles. The first-order chi connectivity index (χ1) is 14.9. The molecule has 0 aromatic heterocycles. The van der Waals surface area contributed by atoms with Gasteiger partial charge in [0.2, 0.25) is 0 Å². The lowest BCUT2D eigenvalue weighted by Crippen LogP contribution is -2.37. The number of sulfonamides is 1. The quantitative estimate of drug-likeness (QED) is 0.501. The van der Waals surface area contributed by atoms with Crippen LogP contribution in [-0.2, 0) is 10.0 Å². The Bertz CT molecular complexity index is 1040. The van der Waals surface area contributed by atoms with Crippen LogP contribution in [0.1, 0.15) is 26.2 Å². The highest BCUT2D eigenvalue weighted by Crippen LogP contribution is 2.35. The number of rotatable bonds is 6. The molecule has 4 rings (SSSR count). The predicted octanol–water partition coefficient (Wildman–Crippen LogP) is 3.48. The van der Waals surface area contributed by atoms with Gasteiger partial charge in [-0.25, -0.2) is 8.42 Å². The van der Waals surface area contributed by atoms with Gasteiger partial charge in [0.05, 0.1) is 15.5 Å². The zero-order valence-electron chi connectivity index (χ0n) is 17.7. The lowest BCUT2D eigenvalue weighted by Gasteiger charge is -2.27. The van der Waals surface area contributed by atoms with E-state index in [0.29, 0.717) is 17.4 Å². The van der Waals surface area contributed by atoms with Gasteiger partial charge in [-0.05, 0) is 57.0 Å². The SMILES string of the molecule is CCN(c1ccccc1)S(=O)(=O)c1ccc(N2CCCN3CCCC3C2)c([N+](=O)[O-])c1. The molecule has 2 aromatic rings. The minimum atomic E-state index is -3.93. The van der Waals surface area contributed by atoms with Gasteiger partial charge in [0, 0.05) is 38.3 Å². The molecule has 0 bridgehead atoms. The largest absolute Gasteiger partial charge is 0.364 e. The number of nitro groups is 1. The number of nitro benzene ring substituents is 1.